The Hall–Kier alpha value is -1.36. The van der Waals surface area contributed by atoms with Gasteiger partial charge in [-0.25, -0.2) is 4.39 Å². The fourth-order valence-electron chi connectivity index (χ4n) is 3.86. The number of hydrogen-bond donors (Lipinski definition) is 1. The zero-order valence-electron chi connectivity index (χ0n) is 12.2. The lowest BCUT2D eigenvalue weighted by molar-refractivity contribution is -0.161. The third-order valence-corrected chi connectivity index (χ3v) is 6.07. The van der Waals surface area contributed by atoms with Crippen molar-refractivity contribution in [3.8, 4) is 0 Å². The molecule has 1 saturated heterocycles. The second-order valence-corrected chi connectivity index (χ2v) is 7.89. The maximum Gasteiger partial charge on any atom is 0.403 e. The normalized spacial score (nSPS) is 36.3. The van der Waals surface area contributed by atoms with Crippen molar-refractivity contribution in [2.75, 3.05) is 6.61 Å². The van der Waals surface area contributed by atoms with Gasteiger partial charge >= 0.3 is 27.3 Å². The Morgan fingerprint density at radius 2 is 2.08 bits per heavy atom. The van der Waals surface area contributed by atoms with E-state index in [9.17, 15) is 31.2 Å². The second-order valence-electron chi connectivity index (χ2n) is 6.39. The molecule has 0 radical (unpaired) electrons. The Morgan fingerprint density at radius 1 is 1.42 bits per heavy atom. The van der Waals surface area contributed by atoms with Crippen LogP contribution in [0.25, 0.3) is 0 Å². The fourth-order valence-corrected chi connectivity index (χ4v) is 4.25. The predicted octanol–water partition coefficient (Wildman–Crippen LogP) is 0.936. The van der Waals surface area contributed by atoms with Gasteiger partial charge < -0.3 is 9.47 Å². The van der Waals surface area contributed by atoms with Crippen molar-refractivity contribution in [1.29, 1.82) is 0 Å². The molecule has 0 bridgehead atoms. The SMILES string of the molecule is O=C(OCC(F)C(F)(F)S(=O)(=O)O)C1CCC2CC3OC(=O)C1C23. The van der Waals surface area contributed by atoms with Gasteiger partial charge in [0.25, 0.3) is 0 Å². The Kier molecular flexibility index (Phi) is 4.06. The van der Waals surface area contributed by atoms with E-state index in [0.29, 0.717) is 6.42 Å². The van der Waals surface area contributed by atoms with Crippen LogP contribution >= 0.6 is 0 Å². The first kappa shape index (κ1) is 17.5. The predicted molar refractivity (Wildman–Crippen MR) is 70.0 cm³/mol. The number of alkyl halides is 3. The molecule has 1 N–H and O–H groups in total. The summed E-state index contributed by atoms with van der Waals surface area (Å²) in [6.07, 6.45) is -1.98. The summed E-state index contributed by atoms with van der Waals surface area (Å²) < 4.78 is 78.3. The van der Waals surface area contributed by atoms with E-state index < -0.39 is 51.9 Å². The number of esters is 2. The summed E-state index contributed by atoms with van der Waals surface area (Å²) in [4.78, 5) is 23.9. The highest BCUT2D eigenvalue weighted by Gasteiger charge is 2.62. The van der Waals surface area contributed by atoms with Crippen LogP contribution in [0, 0.1) is 23.7 Å². The van der Waals surface area contributed by atoms with Gasteiger partial charge in [-0.2, -0.15) is 17.2 Å². The second kappa shape index (κ2) is 5.58. The first-order chi connectivity index (χ1) is 11.0. The first-order valence-corrected chi connectivity index (χ1v) is 8.84. The van der Waals surface area contributed by atoms with Crippen molar-refractivity contribution in [1.82, 2.24) is 0 Å². The van der Waals surface area contributed by atoms with Gasteiger partial charge in [-0.1, -0.05) is 0 Å². The standard InChI is InChI=1S/C13H15F3O7S/c14-8(13(15,16)24(19,20)21)4-22-11(17)6-2-1-5-3-7-9(5)10(6)12(18)23-7/h5-10H,1-4H2,(H,19,20,21). The summed E-state index contributed by atoms with van der Waals surface area (Å²) in [7, 11) is -5.97. The van der Waals surface area contributed by atoms with E-state index in [0.717, 1.165) is 6.42 Å². The zero-order valence-corrected chi connectivity index (χ0v) is 13.0. The van der Waals surface area contributed by atoms with Crippen molar-refractivity contribution in [2.45, 2.75) is 36.8 Å². The minimum absolute atomic E-state index is 0.107. The summed E-state index contributed by atoms with van der Waals surface area (Å²) in [6, 6.07) is 0. The van der Waals surface area contributed by atoms with Crippen molar-refractivity contribution < 1.29 is 45.2 Å². The minimum atomic E-state index is -5.97. The molecular formula is C13H15F3O7S. The van der Waals surface area contributed by atoms with Crippen LogP contribution in [-0.4, -0.2) is 49.0 Å². The summed E-state index contributed by atoms with van der Waals surface area (Å²) in [6.45, 7) is -1.54. The maximum atomic E-state index is 13.4. The van der Waals surface area contributed by atoms with E-state index in [-0.39, 0.29) is 24.4 Å². The van der Waals surface area contributed by atoms with Crippen LogP contribution in [0.3, 0.4) is 0 Å². The lowest BCUT2D eigenvalue weighted by atomic mass is 9.57. The van der Waals surface area contributed by atoms with Crippen molar-refractivity contribution in [3.63, 3.8) is 0 Å². The molecule has 6 unspecified atom stereocenters. The van der Waals surface area contributed by atoms with Gasteiger partial charge in [0.2, 0.25) is 6.17 Å². The largest absolute Gasteiger partial charge is 0.462 e. The molecule has 2 saturated carbocycles. The number of ether oxygens (including phenoxy) is 2. The van der Waals surface area contributed by atoms with Crippen LogP contribution in [0.5, 0.6) is 0 Å². The monoisotopic (exact) mass is 372 g/mol. The number of halogens is 3. The molecular weight excluding hydrogens is 357 g/mol. The Labute approximate surface area is 135 Å². The molecule has 3 fully saturated rings. The molecule has 7 nitrogen and oxygen atoms in total. The number of carbonyl (C=O) groups is 2. The van der Waals surface area contributed by atoms with Crippen LogP contribution in [0.2, 0.25) is 0 Å². The summed E-state index contributed by atoms with van der Waals surface area (Å²) in [5.74, 6) is -3.07. The molecule has 0 spiro atoms. The Balaban J connectivity index is 1.62. The van der Waals surface area contributed by atoms with Gasteiger partial charge in [-0.3, -0.25) is 14.1 Å². The Morgan fingerprint density at radius 3 is 2.71 bits per heavy atom. The lowest BCUT2D eigenvalue weighted by Gasteiger charge is -2.45. The zero-order chi connectivity index (χ0) is 17.9. The van der Waals surface area contributed by atoms with Gasteiger partial charge in [0.1, 0.15) is 12.7 Å². The van der Waals surface area contributed by atoms with E-state index >= 15 is 0 Å². The van der Waals surface area contributed by atoms with Crippen LogP contribution in [0.4, 0.5) is 13.2 Å². The highest BCUT2D eigenvalue weighted by atomic mass is 32.2. The van der Waals surface area contributed by atoms with Crippen LogP contribution in [0.15, 0.2) is 0 Å². The van der Waals surface area contributed by atoms with Gasteiger partial charge in [-0.15, -0.1) is 0 Å². The molecule has 0 aromatic carbocycles. The molecule has 2 aliphatic carbocycles. The van der Waals surface area contributed by atoms with Gasteiger partial charge in [0.05, 0.1) is 11.8 Å². The highest BCUT2D eigenvalue weighted by Crippen LogP contribution is 2.56. The summed E-state index contributed by atoms with van der Waals surface area (Å²) >= 11 is 0. The molecule has 0 aromatic rings. The first-order valence-electron chi connectivity index (χ1n) is 7.40. The molecule has 11 heteroatoms. The minimum Gasteiger partial charge on any atom is -0.462 e. The molecule has 1 aliphatic heterocycles. The van der Waals surface area contributed by atoms with Gasteiger partial charge in [0, 0.05) is 5.92 Å². The number of rotatable bonds is 5. The van der Waals surface area contributed by atoms with Gasteiger partial charge in [-0.05, 0) is 25.2 Å². The van der Waals surface area contributed by atoms with E-state index in [1.165, 1.54) is 0 Å². The molecule has 1 heterocycles. The topological polar surface area (TPSA) is 107 Å². The molecule has 3 aliphatic rings. The average Bonchev–Trinajstić information content (AvgIpc) is 2.76. The number of carbonyl (C=O) groups excluding carboxylic acids is 2. The van der Waals surface area contributed by atoms with Crippen LogP contribution < -0.4 is 0 Å². The van der Waals surface area contributed by atoms with E-state index in [1.807, 2.05) is 0 Å². The third-order valence-electron chi connectivity index (χ3n) is 5.13. The van der Waals surface area contributed by atoms with E-state index in [2.05, 4.69) is 4.74 Å². The smallest absolute Gasteiger partial charge is 0.403 e. The van der Waals surface area contributed by atoms with Crippen molar-refractivity contribution in [3.05, 3.63) is 0 Å². The summed E-state index contributed by atoms with van der Waals surface area (Å²) in [5.41, 5.74) is 0. The number of hydrogen-bond acceptors (Lipinski definition) is 6. The average molecular weight is 372 g/mol. The highest BCUT2D eigenvalue weighted by molar-refractivity contribution is 7.86. The Bertz CT molecular complexity index is 664. The van der Waals surface area contributed by atoms with Crippen molar-refractivity contribution in [2.24, 2.45) is 23.7 Å². The lowest BCUT2D eigenvalue weighted by Crippen LogP contribution is -2.49. The van der Waals surface area contributed by atoms with Crippen LogP contribution in [-0.2, 0) is 29.2 Å². The summed E-state index contributed by atoms with van der Waals surface area (Å²) in [5, 5.41) is -5.09. The molecule has 6 atom stereocenters. The van der Waals surface area contributed by atoms with Gasteiger partial charge in [0.15, 0.2) is 0 Å². The van der Waals surface area contributed by atoms with Crippen LogP contribution in [0.1, 0.15) is 19.3 Å². The van der Waals surface area contributed by atoms with E-state index in [4.69, 9.17) is 9.29 Å². The third kappa shape index (κ3) is 2.57. The quantitative estimate of drug-likeness (QED) is 0.565. The fraction of sp³-hybridized carbons (Fsp3) is 0.846. The molecule has 3 rings (SSSR count). The maximum absolute atomic E-state index is 13.4. The van der Waals surface area contributed by atoms with E-state index in [1.54, 1.807) is 0 Å². The molecule has 24 heavy (non-hydrogen) atoms. The molecule has 136 valence electrons. The molecule has 0 aromatic heterocycles. The van der Waals surface area contributed by atoms with Crippen molar-refractivity contribution >= 4 is 22.1 Å². The molecule has 0 amide bonds.